The highest BCUT2D eigenvalue weighted by Crippen LogP contribution is 2.41. The Labute approximate surface area is 259 Å². The smallest absolute Gasteiger partial charge is 0.0541 e. The second kappa shape index (κ2) is 10.1. The lowest BCUT2D eigenvalue weighted by Gasteiger charge is -2.12. The molecule has 44 heavy (non-hydrogen) atoms. The molecule has 0 bridgehead atoms. The first kappa shape index (κ1) is 25.1. The first-order chi connectivity index (χ1) is 21.8. The van der Waals surface area contributed by atoms with Crippen LogP contribution in [0.3, 0.4) is 0 Å². The van der Waals surface area contributed by atoms with Crippen LogP contribution in [0.4, 0.5) is 0 Å². The minimum atomic E-state index is 1.17. The number of nitrogens with zero attached hydrogens (tertiary/aromatic N) is 1. The van der Waals surface area contributed by atoms with Crippen LogP contribution in [-0.4, -0.2) is 4.57 Å². The third kappa shape index (κ3) is 4.00. The molecule has 0 aliphatic heterocycles. The quantitative estimate of drug-likeness (QED) is 0.196. The summed E-state index contributed by atoms with van der Waals surface area (Å²) in [5.41, 5.74) is 11.0. The summed E-state index contributed by atoms with van der Waals surface area (Å²) in [6.07, 6.45) is 0. The zero-order valence-corrected chi connectivity index (χ0v) is 24.8. The van der Waals surface area contributed by atoms with E-state index in [0.29, 0.717) is 0 Å². The number of fused-ring (bicyclic) bond motifs is 6. The minimum absolute atomic E-state index is 1.17. The van der Waals surface area contributed by atoms with Crippen LogP contribution in [0.15, 0.2) is 164 Å². The molecular weight excluding hydrogens is 551 g/mol. The largest absolute Gasteiger partial charge is 0.309 e. The number of hydrogen-bond donors (Lipinski definition) is 0. The van der Waals surface area contributed by atoms with Gasteiger partial charge in [-0.1, -0.05) is 121 Å². The molecule has 0 spiro atoms. The van der Waals surface area contributed by atoms with Crippen LogP contribution in [-0.2, 0) is 0 Å². The number of para-hydroxylation sites is 2. The molecule has 0 fully saturated rings. The lowest BCUT2D eigenvalue weighted by atomic mass is 9.95. The van der Waals surface area contributed by atoms with Crippen molar-refractivity contribution in [3.05, 3.63) is 164 Å². The van der Waals surface area contributed by atoms with E-state index in [9.17, 15) is 0 Å². The van der Waals surface area contributed by atoms with Crippen LogP contribution >= 0.6 is 11.3 Å². The van der Waals surface area contributed by atoms with E-state index in [1.54, 1.807) is 0 Å². The Kier molecular flexibility index (Phi) is 5.75. The van der Waals surface area contributed by atoms with Crippen molar-refractivity contribution in [2.45, 2.75) is 0 Å². The van der Waals surface area contributed by atoms with Gasteiger partial charge in [-0.2, -0.15) is 0 Å². The van der Waals surface area contributed by atoms with Crippen LogP contribution < -0.4 is 0 Å². The maximum atomic E-state index is 2.39. The fourth-order valence-corrected chi connectivity index (χ4v) is 7.98. The van der Waals surface area contributed by atoms with Crippen molar-refractivity contribution in [1.29, 1.82) is 0 Å². The molecule has 9 rings (SSSR count). The molecule has 0 saturated carbocycles. The summed E-state index contributed by atoms with van der Waals surface area (Å²) in [4.78, 5) is 0. The van der Waals surface area contributed by atoms with Gasteiger partial charge in [0.2, 0.25) is 0 Å². The van der Waals surface area contributed by atoms with Crippen molar-refractivity contribution >= 4 is 53.3 Å². The Morgan fingerprint density at radius 2 is 0.864 bits per heavy atom. The average Bonchev–Trinajstić information content (AvgIpc) is 3.65. The van der Waals surface area contributed by atoms with Crippen molar-refractivity contribution in [2.75, 3.05) is 0 Å². The molecular formula is C42H27NS. The Balaban J connectivity index is 1.13. The zero-order chi connectivity index (χ0) is 29.0. The number of hydrogen-bond acceptors (Lipinski definition) is 1. The molecule has 0 unspecified atom stereocenters. The topological polar surface area (TPSA) is 4.93 Å². The van der Waals surface area contributed by atoms with Gasteiger partial charge in [-0.3, -0.25) is 0 Å². The van der Waals surface area contributed by atoms with Crippen molar-refractivity contribution in [3.8, 4) is 39.1 Å². The molecule has 2 heteroatoms. The predicted octanol–water partition coefficient (Wildman–Crippen LogP) is 12.2. The van der Waals surface area contributed by atoms with Gasteiger partial charge in [0.1, 0.15) is 0 Å². The van der Waals surface area contributed by atoms with Gasteiger partial charge >= 0.3 is 0 Å². The molecule has 2 heterocycles. The summed E-state index contributed by atoms with van der Waals surface area (Å²) in [5, 5.41) is 5.23. The van der Waals surface area contributed by atoms with Gasteiger partial charge in [0.25, 0.3) is 0 Å². The third-order valence-corrected chi connectivity index (χ3v) is 10.0. The lowest BCUT2D eigenvalue weighted by molar-refractivity contribution is 1.18. The first-order valence-electron chi connectivity index (χ1n) is 15.0. The maximum absolute atomic E-state index is 2.39. The van der Waals surface area contributed by atoms with E-state index in [2.05, 4.69) is 168 Å². The molecule has 1 nitrogen and oxygen atoms in total. The minimum Gasteiger partial charge on any atom is -0.309 e. The van der Waals surface area contributed by atoms with Crippen molar-refractivity contribution < 1.29 is 0 Å². The van der Waals surface area contributed by atoms with E-state index in [0.717, 1.165) is 0 Å². The summed E-state index contributed by atoms with van der Waals surface area (Å²) in [6, 6.07) is 59.6. The summed E-state index contributed by atoms with van der Waals surface area (Å²) in [7, 11) is 0. The molecule has 0 saturated heterocycles. The second-order valence-corrected chi connectivity index (χ2v) is 12.4. The van der Waals surface area contributed by atoms with Gasteiger partial charge in [0, 0.05) is 36.6 Å². The highest BCUT2D eigenvalue weighted by atomic mass is 32.1. The van der Waals surface area contributed by atoms with Crippen molar-refractivity contribution in [3.63, 3.8) is 0 Å². The second-order valence-electron chi connectivity index (χ2n) is 11.4. The number of rotatable bonds is 4. The molecule has 206 valence electrons. The van der Waals surface area contributed by atoms with Gasteiger partial charge < -0.3 is 4.57 Å². The summed E-state index contributed by atoms with van der Waals surface area (Å²) >= 11 is 1.88. The Hall–Kier alpha value is -5.44. The van der Waals surface area contributed by atoms with Gasteiger partial charge in [-0.15, -0.1) is 11.3 Å². The molecule has 0 N–H and O–H groups in total. The molecule has 9 aromatic rings. The van der Waals surface area contributed by atoms with Crippen LogP contribution in [0, 0.1) is 0 Å². The molecule has 0 aliphatic rings. The van der Waals surface area contributed by atoms with Crippen LogP contribution in [0.1, 0.15) is 0 Å². The van der Waals surface area contributed by atoms with E-state index >= 15 is 0 Å². The zero-order valence-electron chi connectivity index (χ0n) is 23.9. The molecule has 0 atom stereocenters. The fourth-order valence-electron chi connectivity index (χ4n) is 6.74. The molecule has 7 aromatic carbocycles. The average molecular weight is 578 g/mol. The highest BCUT2D eigenvalue weighted by Gasteiger charge is 2.13. The van der Waals surface area contributed by atoms with Crippen molar-refractivity contribution in [2.24, 2.45) is 0 Å². The Bertz CT molecular complexity index is 2460. The van der Waals surface area contributed by atoms with Gasteiger partial charge in [0.05, 0.1) is 11.0 Å². The van der Waals surface area contributed by atoms with E-state index < -0.39 is 0 Å². The normalized spacial score (nSPS) is 11.6. The van der Waals surface area contributed by atoms with Crippen molar-refractivity contribution in [1.82, 2.24) is 4.57 Å². The lowest BCUT2D eigenvalue weighted by Crippen LogP contribution is -1.94. The summed E-state index contributed by atoms with van der Waals surface area (Å²) in [6.45, 7) is 0. The van der Waals surface area contributed by atoms with E-state index in [1.807, 2.05) is 11.3 Å². The monoisotopic (exact) mass is 577 g/mol. The number of thiophene rings is 1. The molecule has 0 aliphatic carbocycles. The predicted molar refractivity (Wildman–Crippen MR) is 190 cm³/mol. The SMILES string of the molecule is c1cc(-c2cccc(-c3cccc4c3sc3ccccc34)c2)cc(-c2cccc(-n3c4ccccc4c4ccccc43)c2)c1. The fraction of sp³-hybridized carbons (Fsp3) is 0. The van der Waals surface area contributed by atoms with E-state index in [1.165, 1.54) is 81.0 Å². The Morgan fingerprint density at radius 1 is 0.364 bits per heavy atom. The molecule has 2 aromatic heterocycles. The van der Waals surface area contributed by atoms with E-state index in [4.69, 9.17) is 0 Å². The number of benzene rings is 7. The van der Waals surface area contributed by atoms with Gasteiger partial charge in [0.15, 0.2) is 0 Å². The highest BCUT2D eigenvalue weighted by molar-refractivity contribution is 7.26. The Morgan fingerprint density at radius 3 is 1.57 bits per heavy atom. The van der Waals surface area contributed by atoms with Crippen LogP contribution in [0.5, 0.6) is 0 Å². The summed E-state index contributed by atoms with van der Waals surface area (Å²) in [5.74, 6) is 0. The van der Waals surface area contributed by atoms with Gasteiger partial charge in [-0.25, -0.2) is 0 Å². The summed E-state index contributed by atoms with van der Waals surface area (Å²) < 4.78 is 5.07. The maximum Gasteiger partial charge on any atom is 0.0541 e. The van der Waals surface area contributed by atoms with Gasteiger partial charge in [-0.05, 0) is 75.8 Å². The third-order valence-electron chi connectivity index (χ3n) is 8.79. The van der Waals surface area contributed by atoms with Crippen LogP contribution in [0.25, 0.3) is 81.0 Å². The van der Waals surface area contributed by atoms with E-state index in [-0.39, 0.29) is 0 Å². The number of aromatic nitrogens is 1. The first-order valence-corrected chi connectivity index (χ1v) is 15.8. The molecule has 0 radical (unpaired) electrons. The van der Waals surface area contributed by atoms with Crippen LogP contribution in [0.2, 0.25) is 0 Å². The standard InChI is InChI=1S/C42H27NS/c1-4-22-39-35(17-1)36-18-2-5-23-40(36)43(39)33-16-9-14-31(27-33)29-12-7-11-28(25-29)30-13-8-15-32(26-30)34-20-10-21-38-37-19-3-6-24-41(37)44-42(34)38/h1-27H. The molecule has 0 amide bonds.